The largest absolute Gasteiger partial charge is 0.447 e. The van der Waals surface area contributed by atoms with Crippen LogP contribution in [0, 0.1) is 0 Å². The van der Waals surface area contributed by atoms with Crippen molar-refractivity contribution in [1.82, 2.24) is 0 Å². The van der Waals surface area contributed by atoms with Gasteiger partial charge < -0.3 is 15.2 Å². The first kappa shape index (κ1) is 9.23. The molecule has 4 nitrogen and oxygen atoms in total. The molecular weight excluding hydrogens is 134 g/mol. The van der Waals surface area contributed by atoms with Crippen LogP contribution in [0.5, 0.6) is 0 Å². The van der Waals surface area contributed by atoms with E-state index in [4.69, 9.17) is 10.5 Å². The minimum Gasteiger partial charge on any atom is -0.447 e. The smallest absolute Gasteiger partial charge is 0.404 e. The summed E-state index contributed by atoms with van der Waals surface area (Å²) in [5, 5.41) is 0. The van der Waals surface area contributed by atoms with E-state index in [0.717, 1.165) is 0 Å². The van der Waals surface area contributed by atoms with Gasteiger partial charge >= 0.3 is 6.09 Å². The van der Waals surface area contributed by atoms with Gasteiger partial charge in [0.15, 0.2) is 0 Å². The Morgan fingerprint density at radius 2 is 2.10 bits per heavy atom. The van der Waals surface area contributed by atoms with E-state index in [1.807, 2.05) is 13.8 Å². The molecular formula is C6H13NO3. The molecule has 0 atom stereocenters. The molecule has 0 aliphatic rings. The number of carbonyl (C=O) groups excluding carboxylic acids is 1. The fourth-order valence-electron chi connectivity index (χ4n) is 0.426. The highest BCUT2D eigenvalue weighted by atomic mass is 16.6. The lowest BCUT2D eigenvalue weighted by Gasteiger charge is -2.05. The third-order valence-electron chi connectivity index (χ3n) is 0.779. The van der Waals surface area contributed by atoms with Crippen LogP contribution >= 0.6 is 0 Å². The van der Waals surface area contributed by atoms with Gasteiger partial charge in [-0.1, -0.05) is 0 Å². The van der Waals surface area contributed by atoms with E-state index >= 15 is 0 Å². The van der Waals surface area contributed by atoms with E-state index in [2.05, 4.69) is 4.74 Å². The summed E-state index contributed by atoms with van der Waals surface area (Å²) in [7, 11) is 0. The summed E-state index contributed by atoms with van der Waals surface area (Å²) in [6, 6.07) is 0. The standard InChI is InChI=1S/C6H13NO3/c1-5(2)9-3-4-10-6(7)8/h5H,3-4H2,1-2H3,(H2,7,8). The molecule has 1 amide bonds. The van der Waals surface area contributed by atoms with Gasteiger partial charge in [0.2, 0.25) is 0 Å². The molecule has 0 aromatic heterocycles. The average molecular weight is 147 g/mol. The summed E-state index contributed by atoms with van der Waals surface area (Å²) in [5.74, 6) is 0. The van der Waals surface area contributed by atoms with E-state index in [-0.39, 0.29) is 12.7 Å². The predicted molar refractivity (Wildman–Crippen MR) is 36.6 cm³/mol. The summed E-state index contributed by atoms with van der Waals surface area (Å²) in [6.07, 6.45) is -0.594. The summed E-state index contributed by atoms with van der Waals surface area (Å²) in [5.41, 5.74) is 4.69. The van der Waals surface area contributed by atoms with Crippen molar-refractivity contribution >= 4 is 6.09 Å². The molecule has 0 bridgehead atoms. The second kappa shape index (κ2) is 5.05. The highest BCUT2D eigenvalue weighted by Crippen LogP contribution is 1.86. The van der Waals surface area contributed by atoms with E-state index < -0.39 is 6.09 Å². The van der Waals surface area contributed by atoms with E-state index in [1.165, 1.54) is 0 Å². The molecule has 0 aromatic rings. The molecule has 0 aliphatic carbocycles. The highest BCUT2D eigenvalue weighted by molar-refractivity contribution is 5.64. The van der Waals surface area contributed by atoms with Gasteiger partial charge in [-0.05, 0) is 13.8 Å². The minimum atomic E-state index is -0.757. The Labute approximate surface area is 60.3 Å². The van der Waals surface area contributed by atoms with Gasteiger partial charge in [0.1, 0.15) is 6.61 Å². The summed E-state index contributed by atoms with van der Waals surface area (Å²) < 4.78 is 9.47. The molecule has 0 aromatic carbocycles. The quantitative estimate of drug-likeness (QED) is 0.589. The van der Waals surface area contributed by atoms with E-state index in [9.17, 15) is 4.79 Å². The molecule has 2 N–H and O–H groups in total. The van der Waals surface area contributed by atoms with Gasteiger partial charge in [-0.3, -0.25) is 0 Å². The van der Waals surface area contributed by atoms with Gasteiger partial charge in [-0.25, -0.2) is 4.79 Å². The third kappa shape index (κ3) is 7.23. The van der Waals surface area contributed by atoms with Crippen molar-refractivity contribution in [2.24, 2.45) is 5.73 Å². The van der Waals surface area contributed by atoms with Crippen molar-refractivity contribution in [1.29, 1.82) is 0 Å². The fraction of sp³-hybridized carbons (Fsp3) is 0.833. The molecule has 4 heteroatoms. The molecule has 60 valence electrons. The first-order chi connectivity index (χ1) is 4.63. The van der Waals surface area contributed by atoms with Crippen molar-refractivity contribution in [3.05, 3.63) is 0 Å². The number of hydrogen-bond acceptors (Lipinski definition) is 3. The number of ether oxygens (including phenoxy) is 2. The SMILES string of the molecule is CC(C)OCCOC(N)=O. The molecule has 0 saturated carbocycles. The lowest BCUT2D eigenvalue weighted by Crippen LogP contribution is -2.17. The second-order valence-electron chi connectivity index (χ2n) is 2.09. The zero-order valence-electron chi connectivity index (χ0n) is 6.29. The average Bonchev–Trinajstić information content (AvgIpc) is 1.79. The van der Waals surface area contributed by atoms with Gasteiger partial charge in [0.05, 0.1) is 12.7 Å². The van der Waals surface area contributed by atoms with Crippen molar-refractivity contribution in [3.8, 4) is 0 Å². The number of amides is 1. The van der Waals surface area contributed by atoms with Crippen molar-refractivity contribution in [2.45, 2.75) is 20.0 Å². The van der Waals surface area contributed by atoms with Crippen molar-refractivity contribution in [3.63, 3.8) is 0 Å². The summed E-state index contributed by atoms with van der Waals surface area (Å²) in [6.45, 7) is 4.45. The van der Waals surface area contributed by atoms with Crippen molar-refractivity contribution in [2.75, 3.05) is 13.2 Å². The minimum absolute atomic E-state index is 0.163. The molecule has 0 spiro atoms. The number of hydrogen-bond donors (Lipinski definition) is 1. The number of carbonyl (C=O) groups is 1. The van der Waals surface area contributed by atoms with Crippen LogP contribution < -0.4 is 5.73 Å². The molecule has 0 fully saturated rings. The predicted octanol–water partition coefficient (Wildman–Crippen LogP) is 0.507. The number of nitrogens with two attached hydrogens (primary N) is 1. The Kier molecular flexibility index (Phi) is 4.66. The van der Waals surface area contributed by atoms with Crippen LogP contribution in [0.1, 0.15) is 13.8 Å². The molecule has 0 radical (unpaired) electrons. The first-order valence-electron chi connectivity index (χ1n) is 3.16. The molecule has 0 saturated heterocycles. The van der Waals surface area contributed by atoms with Gasteiger partial charge in [0.25, 0.3) is 0 Å². The number of primary amides is 1. The molecule has 10 heavy (non-hydrogen) atoms. The highest BCUT2D eigenvalue weighted by Gasteiger charge is 1.94. The molecule has 0 unspecified atom stereocenters. The lowest BCUT2D eigenvalue weighted by molar-refractivity contribution is 0.0417. The van der Waals surface area contributed by atoms with Crippen molar-refractivity contribution < 1.29 is 14.3 Å². The summed E-state index contributed by atoms with van der Waals surface area (Å²) >= 11 is 0. The van der Waals surface area contributed by atoms with E-state index in [0.29, 0.717) is 6.61 Å². The second-order valence-corrected chi connectivity index (χ2v) is 2.09. The Bertz CT molecular complexity index is 103. The Morgan fingerprint density at radius 3 is 2.50 bits per heavy atom. The van der Waals surface area contributed by atoms with Crippen LogP contribution in [0.4, 0.5) is 4.79 Å². The molecule has 0 heterocycles. The molecule has 0 rings (SSSR count). The topological polar surface area (TPSA) is 61.6 Å². The van der Waals surface area contributed by atoms with Crippen LogP contribution in [0.15, 0.2) is 0 Å². The third-order valence-corrected chi connectivity index (χ3v) is 0.779. The van der Waals surface area contributed by atoms with Crippen LogP contribution in [-0.4, -0.2) is 25.4 Å². The van der Waals surface area contributed by atoms with Gasteiger partial charge in [-0.15, -0.1) is 0 Å². The van der Waals surface area contributed by atoms with Crippen LogP contribution in [0.3, 0.4) is 0 Å². The maximum atomic E-state index is 9.99. The van der Waals surface area contributed by atoms with Crippen LogP contribution in [-0.2, 0) is 9.47 Å². The van der Waals surface area contributed by atoms with Crippen LogP contribution in [0.25, 0.3) is 0 Å². The fourth-order valence-corrected chi connectivity index (χ4v) is 0.426. The maximum Gasteiger partial charge on any atom is 0.404 e. The molecule has 0 aliphatic heterocycles. The Balaban J connectivity index is 2.98. The zero-order valence-corrected chi connectivity index (χ0v) is 6.29. The number of rotatable bonds is 4. The zero-order chi connectivity index (χ0) is 7.98. The Morgan fingerprint density at radius 1 is 1.50 bits per heavy atom. The normalized spacial score (nSPS) is 9.90. The lowest BCUT2D eigenvalue weighted by atomic mass is 10.5. The van der Waals surface area contributed by atoms with E-state index in [1.54, 1.807) is 0 Å². The Hall–Kier alpha value is -0.770. The monoisotopic (exact) mass is 147 g/mol. The first-order valence-corrected chi connectivity index (χ1v) is 3.16. The van der Waals surface area contributed by atoms with Gasteiger partial charge in [-0.2, -0.15) is 0 Å². The maximum absolute atomic E-state index is 9.99. The van der Waals surface area contributed by atoms with Gasteiger partial charge in [0, 0.05) is 0 Å². The summed E-state index contributed by atoms with van der Waals surface area (Å²) in [4.78, 5) is 9.99. The van der Waals surface area contributed by atoms with Crippen LogP contribution in [0.2, 0.25) is 0 Å².